The molecule has 0 spiro atoms. The minimum Gasteiger partial charge on any atom is -0.349 e. The molecule has 0 fully saturated rings. The Morgan fingerprint density at radius 2 is 1.88 bits per heavy atom. The van der Waals surface area contributed by atoms with Gasteiger partial charge in [0.05, 0.1) is 12.2 Å². The van der Waals surface area contributed by atoms with Gasteiger partial charge in [-0.2, -0.15) is 0 Å². The van der Waals surface area contributed by atoms with E-state index in [1.165, 1.54) is 5.56 Å². The van der Waals surface area contributed by atoms with Crippen molar-refractivity contribution in [2.75, 3.05) is 28.2 Å². The zero-order valence-corrected chi connectivity index (χ0v) is 11.4. The molecule has 0 aliphatic heterocycles. The fourth-order valence-corrected chi connectivity index (χ4v) is 1.67. The van der Waals surface area contributed by atoms with Crippen LogP contribution in [0.5, 0.6) is 0 Å². The number of nitrogens with zero attached hydrogens (tertiary/aromatic N) is 4. The summed E-state index contributed by atoms with van der Waals surface area (Å²) in [5.41, 5.74) is 2.33. The molecular weight excluding hydrogens is 212 g/mol. The molecule has 1 aromatic rings. The quantitative estimate of drug-likeness (QED) is 0.588. The lowest BCUT2D eigenvalue weighted by Gasteiger charge is -2.22. The first kappa shape index (κ1) is 13.5. The van der Waals surface area contributed by atoms with Gasteiger partial charge >= 0.3 is 0 Å². The molecule has 0 unspecified atom stereocenters. The predicted molar refractivity (Wildman–Crippen MR) is 72.1 cm³/mol. The monoisotopic (exact) mass is 234 g/mol. The number of aryl methyl sites for hydroxylation is 1. The number of rotatable bonds is 3. The van der Waals surface area contributed by atoms with Crippen LogP contribution in [0.1, 0.15) is 18.2 Å². The van der Waals surface area contributed by atoms with Crippen molar-refractivity contribution in [1.29, 1.82) is 0 Å². The van der Waals surface area contributed by atoms with Crippen molar-refractivity contribution in [1.82, 2.24) is 14.8 Å². The number of aromatic nitrogens is 1. The van der Waals surface area contributed by atoms with Crippen molar-refractivity contribution in [3.63, 3.8) is 0 Å². The van der Waals surface area contributed by atoms with Crippen LogP contribution in [-0.4, -0.2) is 48.9 Å². The summed E-state index contributed by atoms with van der Waals surface area (Å²) in [4.78, 5) is 12.9. The van der Waals surface area contributed by atoms with Crippen LogP contribution in [0.25, 0.3) is 0 Å². The molecule has 17 heavy (non-hydrogen) atoms. The van der Waals surface area contributed by atoms with Crippen molar-refractivity contribution >= 4 is 5.96 Å². The third-order valence-electron chi connectivity index (χ3n) is 2.47. The van der Waals surface area contributed by atoms with Crippen molar-refractivity contribution in [2.45, 2.75) is 19.9 Å². The smallest absolute Gasteiger partial charge is 0.195 e. The van der Waals surface area contributed by atoms with Crippen LogP contribution in [0.4, 0.5) is 0 Å². The van der Waals surface area contributed by atoms with Crippen molar-refractivity contribution in [3.8, 4) is 0 Å². The Morgan fingerprint density at radius 1 is 1.24 bits per heavy atom. The van der Waals surface area contributed by atoms with Crippen molar-refractivity contribution in [2.24, 2.45) is 4.99 Å². The normalized spacial score (nSPS) is 9.94. The summed E-state index contributed by atoms with van der Waals surface area (Å²) in [5.74, 6) is 0.953. The van der Waals surface area contributed by atoms with Gasteiger partial charge in [0.2, 0.25) is 0 Å². The van der Waals surface area contributed by atoms with E-state index in [4.69, 9.17) is 0 Å². The number of pyridine rings is 1. The van der Waals surface area contributed by atoms with Gasteiger partial charge in [-0.3, -0.25) is 4.98 Å². The summed E-state index contributed by atoms with van der Waals surface area (Å²) in [7, 11) is 7.98. The SMILES string of the molecule is CCc1ccnc(CN=C(N(C)C)N(C)C)c1. The Bertz CT molecular complexity index is 373. The maximum absolute atomic E-state index is 4.57. The maximum Gasteiger partial charge on any atom is 0.195 e. The van der Waals surface area contributed by atoms with E-state index in [9.17, 15) is 0 Å². The van der Waals surface area contributed by atoms with Crippen LogP contribution in [0.2, 0.25) is 0 Å². The highest BCUT2D eigenvalue weighted by molar-refractivity contribution is 5.79. The Labute approximate surface area is 104 Å². The Balaban J connectivity index is 2.79. The maximum atomic E-state index is 4.57. The molecule has 94 valence electrons. The Kier molecular flexibility index (Phi) is 4.94. The second kappa shape index (κ2) is 6.23. The summed E-state index contributed by atoms with van der Waals surface area (Å²) in [6.07, 6.45) is 2.89. The van der Waals surface area contributed by atoms with Gasteiger partial charge in [0.1, 0.15) is 0 Å². The Hall–Kier alpha value is -1.58. The third kappa shape index (κ3) is 4.06. The molecule has 1 aromatic heterocycles. The van der Waals surface area contributed by atoms with E-state index in [-0.39, 0.29) is 0 Å². The predicted octanol–water partition coefficient (Wildman–Crippen LogP) is 1.62. The molecule has 0 saturated heterocycles. The highest BCUT2D eigenvalue weighted by Crippen LogP contribution is 2.04. The zero-order chi connectivity index (χ0) is 12.8. The summed E-state index contributed by atoms with van der Waals surface area (Å²) < 4.78 is 0. The molecule has 0 saturated carbocycles. The minimum absolute atomic E-state index is 0.625. The second-order valence-corrected chi connectivity index (χ2v) is 4.41. The lowest BCUT2D eigenvalue weighted by Crippen LogP contribution is -2.35. The first-order valence-electron chi connectivity index (χ1n) is 5.87. The summed E-state index contributed by atoms with van der Waals surface area (Å²) in [6, 6.07) is 4.17. The van der Waals surface area contributed by atoms with E-state index < -0.39 is 0 Å². The van der Waals surface area contributed by atoms with Gasteiger partial charge in [0.15, 0.2) is 5.96 Å². The molecule has 0 aliphatic rings. The number of guanidine groups is 1. The van der Waals surface area contributed by atoms with Gasteiger partial charge in [-0.1, -0.05) is 6.92 Å². The van der Waals surface area contributed by atoms with Crippen LogP contribution < -0.4 is 0 Å². The van der Waals surface area contributed by atoms with Gasteiger partial charge in [0.25, 0.3) is 0 Å². The molecule has 1 heterocycles. The first-order chi connectivity index (χ1) is 8.04. The first-order valence-corrected chi connectivity index (χ1v) is 5.87. The third-order valence-corrected chi connectivity index (χ3v) is 2.47. The molecule has 4 heteroatoms. The molecule has 0 atom stereocenters. The molecule has 4 nitrogen and oxygen atoms in total. The average molecular weight is 234 g/mol. The number of hydrogen-bond acceptors (Lipinski definition) is 2. The number of hydrogen-bond donors (Lipinski definition) is 0. The fraction of sp³-hybridized carbons (Fsp3) is 0.538. The molecular formula is C13H22N4. The topological polar surface area (TPSA) is 31.7 Å². The summed E-state index contributed by atoms with van der Waals surface area (Å²) in [6.45, 7) is 2.77. The molecule has 1 rings (SSSR count). The van der Waals surface area contributed by atoms with E-state index in [1.54, 1.807) is 0 Å². The fourth-order valence-electron chi connectivity index (χ4n) is 1.67. The van der Waals surface area contributed by atoms with Crippen LogP contribution in [0.15, 0.2) is 23.3 Å². The lowest BCUT2D eigenvalue weighted by molar-refractivity contribution is 0.479. The largest absolute Gasteiger partial charge is 0.349 e. The second-order valence-electron chi connectivity index (χ2n) is 4.41. The van der Waals surface area contributed by atoms with Gasteiger partial charge in [-0.05, 0) is 24.1 Å². The zero-order valence-electron chi connectivity index (χ0n) is 11.4. The summed E-state index contributed by atoms with van der Waals surface area (Å²) >= 11 is 0. The van der Waals surface area contributed by atoms with E-state index in [1.807, 2.05) is 50.3 Å². The minimum atomic E-state index is 0.625. The van der Waals surface area contributed by atoms with Gasteiger partial charge in [-0.15, -0.1) is 0 Å². The van der Waals surface area contributed by atoms with Crippen LogP contribution in [0.3, 0.4) is 0 Å². The number of aliphatic imine (C=N–C) groups is 1. The van der Waals surface area contributed by atoms with Crippen LogP contribution >= 0.6 is 0 Å². The highest BCUT2D eigenvalue weighted by Gasteiger charge is 2.04. The Morgan fingerprint density at radius 3 is 2.41 bits per heavy atom. The average Bonchev–Trinajstić information content (AvgIpc) is 2.28. The summed E-state index contributed by atoms with van der Waals surface area (Å²) in [5, 5.41) is 0. The van der Waals surface area contributed by atoms with Gasteiger partial charge in [-0.25, -0.2) is 4.99 Å². The molecule has 0 aliphatic carbocycles. The van der Waals surface area contributed by atoms with Crippen molar-refractivity contribution < 1.29 is 0 Å². The van der Waals surface area contributed by atoms with Crippen molar-refractivity contribution in [3.05, 3.63) is 29.6 Å². The van der Waals surface area contributed by atoms with Gasteiger partial charge in [0, 0.05) is 34.4 Å². The lowest BCUT2D eigenvalue weighted by atomic mass is 10.2. The van der Waals surface area contributed by atoms with Gasteiger partial charge < -0.3 is 9.80 Å². The molecule has 0 amide bonds. The van der Waals surface area contributed by atoms with E-state index in [0.29, 0.717) is 6.54 Å². The molecule has 0 radical (unpaired) electrons. The molecule has 0 N–H and O–H groups in total. The van der Waals surface area contributed by atoms with E-state index >= 15 is 0 Å². The standard InChI is InChI=1S/C13H22N4/c1-6-11-7-8-14-12(9-11)10-15-13(16(2)3)17(4)5/h7-9H,6,10H2,1-5H3. The molecule has 0 bridgehead atoms. The van der Waals surface area contributed by atoms with E-state index in [2.05, 4.69) is 23.0 Å². The van der Waals surface area contributed by atoms with E-state index in [0.717, 1.165) is 18.1 Å². The van der Waals surface area contributed by atoms with Crippen LogP contribution in [0, 0.1) is 0 Å². The highest BCUT2D eigenvalue weighted by atomic mass is 15.3. The molecule has 0 aromatic carbocycles. The van der Waals surface area contributed by atoms with Crippen LogP contribution in [-0.2, 0) is 13.0 Å².